The van der Waals surface area contributed by atoms with Crippen LogP contribution in [0.1, 0.15) is 32.8 Å². The fourth-order valence-corrected chi connectivity index (χ4v) is 2.88. The third-order valence-electron chi connectivity index (χ3n) is 4.29. The van der Waals surface area contributed by atoms with Gasteiger partial charge >= 0.3 is 0 Å². The van der Waals surface area contributed by atoms with Gasteiger partial charge in [0, 0.05) is 12.5 Å². The van der Waals surface area contributed by atoms with Gasteiger partial charge in [0.05, 0.1) is 0 Å². The summed E-state index contributed by atoms with van der Waals surface area (Å²) in [6, 6.07) is 10.2. The second-order valence-electron chi connectivity index (χ2n) is 6.98. The van der Waals surface area contributed by atoms with E-state index >= 15 is 0 Å². The maximum absolute atomic E-state index is 11.2. The summed E-state index contributed by atoms with van der Waals surface area (Å²) >= 11 is 0. The van der Waals surface area contributed by atoms with Gasteiger partial charge in [-0.1, -0.05) is 51.1 Å². The molecule has 0 bridgehead atoms. The first-order valence-corrected chi connectivity index (χ1v) is 10.3. The van der Waals surface area contributed by atoms with Crippen LogP contribution >= 0.6 is 0 Å². The van der Waals surface area contributed by atoms with Crippen LogP contribution in [0.2, 0.25) is 18.1 Å². The molecule has 1 atom stereocenters. The van der Waals surface area contributed by atoms with E-state index in [-0.39, 0.29) is 11.0 Å². The molecular weight excluding hydrogens is 264 g/mol. The molecular formula is C17H28O2Si. The predicted molar refractivity (Wildman–Crippen MR) is 87.5 cm³/mol. The van der Waals surface area contributed by atoms with Crippen molar-refractivity contribution in [2.45, 2.75) is 51.7 Å². The van der Waals surface area contributed by atoms with Crippen LogP contribution in [0.5, 0.6) is 0 Å². The highest BCUT2D eigenvalue weighted by Gasteiger charge is 2.36. The van der Waals surface area contributed by atoms with Crippen LogP contribution < -0.4 is 0 Å². The first kappa shape index (κ1) is 17.1. The molecule has 0 saturated heterocycles. The Morgan fingerprint density at radius 2 is 1.80 bits per heavy atom. The zero-order chi connectivity index (χ0) is 15.2. The van der Waals surface area contributed by atoms with Crippen molar-refractivity contribution in [1.82, 2.24) is 0 Å². The molecule has 0 heterocycles. The second kappa shape index (κ2) is 7.18. The Kier molecular flexibility index (Phi) is 6.15. The number of aldehydes is 1. The summed E-state index contributed by atoms with van der Waals surface area (Å²) in [4.78, 5) is 11.2. The van der Waals surface area contributed by atoms with Gasteiger partial charge in [0.15, 0.2) is 8.32 Å². The summed E-state index contributed by atoms with van der Waals surface area (Å²) in [6.45, 7) is 11.9. The standard InChI is InChI=1S/C17H28O2Si/c1-17(2,3)20(4,5)19-12-11-16(14-18)13-15-9-7-6-8-10-15/h6-10,14,16H,11-13H2,1-5H3/t16-/m1/s1. The first-order valence-electron chi connectivity index (χ1n) is 7.39. The second-order valence-corrected chi connectivity index (χ2v) is 11.8. The lowest BCUT2D eigenvalue weighted by Gasteiger charge is -2.36. The molecule has 0 aliphatic carbocycles. The lowest BCUT2D eigenvalue weighted by Crippen LogP contribution is -2.41. The summed E-state index contributed by atoms with van der Waals surface area (Å²) in [5.41, 5.74) is 1.22. The summed E-state index contributed by atoms with van der Waals surface area (Å²) in [5, 5.41) is 0.225. The van der Waals surface area contributed by atoms with Crippen LogP contribution in [0.3, 0.4) is 0 Å². The highest BCUT2D eigenvalue weighted by atomic mass is 28.4. The van der Waals surface area contributed by atoms with Gasteiger partial charge in [-0.2, -0.15) is 0 Å². The molecule has 0 unspecified atom stereocenters. The topological polar surface area (TPSA) is 26.3 Å². The Balaban J connectivity index is 2.45. The van der Waals surface area contributed by atoms with Crippen molar-refractivity contribution in [2.75, 3.05) is 6.61 Å². The Hall–Kier alpha value is -0.933. The van der Waals surface area contributed by atoms with Crippen molar-refractivity contribution >= 4 is 14.6 Å². The molecule has 20 heavy (non-hydrogen) atoms. The monoisotopic (exact) mass is 292 g/mol. The van der Waals surface area contributed by atoms with Crippen molar-refractivity contribution in [2.24, 2.45) is 5.92 Å². The van der Waals surface area contributed by atoms with Crippen LogP contribution in [0.4, 0.5) is 0 Å². The van der Waals surface area contributed by atoms with E-state index in [0.717, 1.165) is 19.1 Å². The third kappa shape index (κ3) is 5.21. The van der Waals surface area contributed by atoms with Crippen molar-refractivity contribution in [1.29, 1.82) is 0 Å². The van der Waals surface area contributed by atoms with Crippen molar-refractivity contribution in [3.8, 4) is 0 Å². The van der Waals surface area contributed by atoms with Gasteiger partial charge in [0.25, 0.3) is 0 Å². The maximum atomic E-state index is 11.2. The summed E-state index contributed by atoms with van der Waals surface area (Å²) < 4.78 is 6.14. The maximum Gasteiger partial charge on any atom is 0.191 e. The van der Waals surface area contributed by atoms with Gasteiger partial charge in [0.2, 0.25) is 0 Å². The van der Waals surface area contributed by atoms with Crippen LogP contribution in [0.15, 0.2) is 30.3 Å². The van der Waals surface area contributed by atoms with Gasteiger partial charge in [-0.05, 0) is 36.5 Å². The number of hydrogen-bond donors (Lipinski definition) is 0. The smallest absolute Gasteiger partial charge is 0.191 e. The van der Waals surface area contributed by atoms with Gasteiger partial charge in [-0.15, -0.1) is 0 Å². The minimum atomic E-state index is -1.69. The Morgan fingerprint density at radius 3 is 2.30 bits per heavy atom. The van der Waals surface area contributed by atoms with Gasteiger partial charge in [-0.25, -0.2) is 0 Å². The Bertz CT molecular complexity index is 407. The molecule has 0 amide bonds. The SMILES string of the molecule is CC(C)(C)[Si](C)(C)OCC[C@@H](C=O)Cc1ccccc1. The summed E-state index contributed by atoms with van der Waals surface area (Å²) in [5.74, 6) is 0.0576. The van der Waals surface area contributed by atoms with E-state index in [1.807, 2.05) is 18.2 Å². The third-order valence-corrected chi connectivity index (χ3v) is 8.83. The summed E-state index contributed by atoms with van der Waals surface area (Å²) in [6.07, 6.45) is 2.69. The van der Waals surface area contributed by atoms with E-state index in [0.29, 0.717) is 6.61 Å². The quantitative estimate of drug-likeness (QED) is 0.548. The minimum absolute atomic E-state index is 0.0576. The van der Waals surface area contributed by atoms with E-state index < -0.39 is 8.32 Å². The van der Waals surface area contributed by atoms with Crippen LogP contribution in [-0.2, 0) is 15.6 Å². The van der Waals surface area contributed by atoms with Crippen LogP contribution in [-0.4, -0.2) is 21.2 Å². The number of carbonyl (C=O) groups excluding carboxylic acids is 1. The minimum Gasteiger partial charge on any atom is -0.417 e. The molecule has 0 aliphatic rings. The number of carbonyl (C=O) groups is 1. The highest BCUT2D eigenvalue weighted by Crippen LogP contribution is 2.36. The molecule has 0 saturated carbocycles. The summed E-state index contributed by atoms with van der Waals surface area (Å²) in [7, 11) is -1.69. The van der Waals surface area contributed by atoms with Crippen molar-refractivity contribution in [3.05, 3.63) is 35.9 Å². The largest absolute Gasteiger partial charge is 0.417 e. The van der Waals surface area contributed by atoms with Crippen molar-refractivity contribution < 1.29 is 9.22 Å². The molecule has 1 rings (SSSR count). The molecule has 1 aromatic carbocycles. The van der Waals surface area contributed by atoms with Crippen LogP contribution in [0, 0.1) is 5.92 Å². The Morgan fingerprint density at radius 1 is 1.20 bits per heavy atom. The zero-order valence-electron chi connectivity index (χ0n) is 13.5. The van der Waals surface area contributed by atoms with E-state index in [2.05, 4.69) is 46.0 Å². The number of hydrogen-bond acceptors (Lipinski definition) is 2. The lowest BCUT2D eigenvalue weighted by molar-refractivity contribution is -0.111. The van der Waals surface area contributed by atoms with E-state index in [1.54, 1.807) is 0 Å². The molecule has 0 fully saturated rings. The fraction of sp³-hybridized carbons (Fsp3) is 0.588. The van der Waals surface area contributed by atoms with Crippen LogP contribution in [0.25, 0.3) is 0 Å². The molecule has 3 heteroatoms. The first-order chi connectivity index (χ1) is 9.26. The fourth-order valence-electron chi connectivity index (χ4n) is 1.82. The van der Waals surface area contributed by atoms with E-state index in [1.165, 1.54) is 5.56 Å². The van der Waals surface area contributed by atoms with Gasteiger partial charge < -0.3 is 9.22 Å². The number of rotatable bonds is 7. The average Bonchev–Trinajstić information content (AvgIpc) is 2.37. The molecule has 2 nitrogen and oxygen atoms in total. The molecule has 0 aromatic heterocycles. The average molecular weight is 292 g/mol. The molecule has 0 aliphatic heterocycles. The lowest BCUT2D eigenvalue weighted by atomic mass is 9.98. The van der Waals surface area contributed by atoms with E-state index in [4.69, 9.17) is 4.43 Å². The van der Waals surface area contributed by atoms with Gasteiger partial charge in [0.1, 0.15) is 6.29 Å². The highest BCUT2D eigenvalue weighted by molar-refractivity contribution is 6.74. The molecule has 0 spiro atoms. The molecule has 0 N–H and O–H groups in total. The molecule has 0 radical (unpaired) electrons. The zero-order valence-corrected chi connectivity index (χ0v) is 14.5. The Labute approximate surface area is 124 Å². The van der Waals surface area contributed by atoms with Crippen molar-refractivity contribution in [3.63, 3.8) is 0 Å². The van der Waals surface area contributed by atoms with Gasteiger partial charge in [-0.3, -0.25) is 0 Å². The number of benzene rings is 1. The molecule has 1 aromatic rings. The van der Waals surface area contributed by atoms with E-state index in [9.17, 15) is 4.79 Å². The predicted octanol–water partition coefficient (Wildman–Crippen LogP) is 4.46. The molecule has 112 valence electrons. The normalized spacial score (nSPS) is 14.1.